The normalized spacial score (nSPS) is 12.0. The molecule has 2 rings (SSSR count). The molecule has 0 atom stereocenters. The Bertz CT molecular complexity index is 621. The molecule has 0 fully saturated rings. The number of aliphatic carboxylic acids is 1. The minimum absolute atomic E-state index is 0.0427. The van der Waals surface area contributed by atoms with Crippen LogP contribution in [0, 0.1) is 0 Å². The number of carboxylic acids is 1. The summed E-state index contributed by atoms with van der Waals surface area (Å²) in [6.07, 6.45) is -3.66. The maximum absolute atomic E-state index is 12.5. The van der Waals surface area contributed by atoms with Crippen molar-refractivity contribution in [1.82, 2.24) is 9.38 Å². The van der Waals surface area contributed by atoms with Gasteiger partial charge < -0.3 is 9.51 Å². The number of carboxylic acid groups (broad SMARTS) is 1. The van der Waals surface area contributed by atoms with Crippen molar-refractivity contribution in [1.29, 1.82) is 0 Å². The van der Waals surface area contributed by atoms with Gasteiger partial charge >= 0.3 is 12.1 Å². The minimum atomic E-state index is -4.53. The highest BCUT2D eigenvalue weighted by Crippen LogP contribution is 2.30. The zero-order chi connectivity index (χ0) is 13.5. The number of fused-ring (bicyclic) bond motifs is 1. The van der Waals surface area contributed by atoms with Crippen LogP contribution in [0.3, 0.4) is 0 Å². The number of alkyl halides is 3. The number of halogens is 4. The molecule has 0 amide bonds. The van der Waals surface area contributed by atoms with Crippen LogP contribution in [-0.2, 0) is 17.4 Å². The van der Waals surface area contributed by atoms with Gasteiger partial charge in [0, 0.05) is 11.9 Å². The van der Waals surface area contributed by atoms with Crippen LogP contribution in [0.15, 0.2) is 22.8 Å². The predicted molar refractivity (Wildman–Crippen MR) is 59.2 cm³/mol. The number of hydrogen-bond acceptors (Lipinski definition) is 2. The zero-order valence-electron chi connectivity index (χ0n) is 8.70. The molecule has 96 valence electrons. The van der Waals surface area contributed by atoms with Crippen LogP contribution in [0.5, 0.6) is 0 Å². The number of carbonyl (C=O) groups is 1. The Morgan fingerprint density at radius 2 is 2.17 bits per heavy atom. The molecule has 18 heavy (non-hydrogen) atoms. The quantitative estimate of drug-likeness (QED) is 0.925. The Morgan fingerprint density at radius 1 is 1.50 bits per heavy atom. The standard InChI is InChI=1S/C10H6BrF3N2O2/c11-6-3-5(4-8(17)18)16-2-1-7(10(12,13)14)15-9(6)16/h1-3H,4H2,(H,17,18). The molecular weight excluding hydrogens is 317 g/mol. The number of hydrogen-bond donors (Lipinski definition) is 1. The van der Waals surface area contributed by atoms with E-state index in [1.54, 1.807) is 0 Å². The first-order valence-corrected chi connectivity index (χ1v) is 5.54. The third-order valence-corrected chi connectivity index (χ3v) is 2.86. The second-order valence-electron chi connectivity index (χ2n) is 3.56. The highest BCUT2D eigenvalue weighted by atomic mass is 79.9. The molecule has 0 saturated carbocycles. The van der Waals surface area contributed by atoms with Gasteiger partial charge in [-0.25, -0.2) is 4.98 Å². The van der Waals surface area contributed by atoms with E-state index < -0.39 is 17.8 Å². The number of aromatic nitrogens is 2. The summed E-state index contributed by atoms with van der Waals surface area (Å²) in [6.45, 7) is 0. The van der Waals surface area contributed by atoms with E-state index in [1.165, 1.54) is 10.5 Å². The van der Waals surface area contributed by atoms with Gasteiger partial charge in [0.25, 0.3) is 0 Å². The van der Waals surface area contributed by atoms with E-state index in [0.29, 0.717) is 10.2 Å². The molecule has 0 aliphatic carbocycles. The molecule has 0 bridgehead atoms. The Balaban J connectivity index is 2.59. The maximum Gasteiger partial charge on any atom is 0.433 e. The molecule has 0 radical (unpaired) electrons. The zero-order valence-corrected chi connectivity index (χ0v) is 10.3. The van der Waals surface area contributed by atoms with Crippen LogP contribution >= 0.6 is 15.9 Å². The van der Waals surface area contributed by atoms with E-state index in [-0.39, 0.29) is 12.1 Å². The van der Waals surface area contributed by atoms with Crippen molar-refractivity contribution in [3.8, 4) is 0 Å². The van der Waals surface area contributed by atoms with Crippen LogP contribution in [0.1, 0.15) is 11.4 Å². The molecular formula is C10H6BrF3N2O2. The van der Waals surface area contributed by atoms with E-state index in [1.807, 2.05) is 0 Å². The Morgan fingerprint density at radius 3 is 2.72 bits per heavy atom. The first-order valence-electron chi connectivity index (χ1n) is 4.74. The van der Waals surface area contributed by atoms with Crippen molar-refractivity contribution in [2.24, 2.45) is 0 Å². The molecule has 2 aromatic rings. The Hall–Kier alpha value is -1.57. The summed E-state index contributed by atoms with van der Waals surface area (Å²) in [7, 11) is 0. The largest absolute Gasteiger partial charge is 0.481 e. The third kappa shape index (κ3) is 2.33. The monoisotopic (exact) mass is 322 g/mol. The van der Waals surface area contributed by atoms with Gasteiger partial charge in [0.2, 0.25) is 0 Å². The summed E-state index contributed by atoms with van der Waals surface area (Å²) in [5, 5.41) is 8.69. The lowest BCUT2D eigenvalue weighted by Crippen LogP contribution is -2.10. The van der Waals surface area contributed by atoms with Gasteiger partial charge in [0.15, 0.2) is 5.65 Å². The first-order chi connectivity index (χ1) is 8.29. The maximum atomic E-state index is 12.5. The topological polar surface area (TPSA) is 54.6 Å². The molecule has 8 heteroatoms. The lowest BCUT2D eigenvalue weighted by atomic mass is 10.3. The first kappa shape index (κ1) is 12.9. The van der Waals surface area contributed by atoms with Crippen LogP contribution in [0.4, 0.5) is 13.2 Å². The van der Waals surface area contributed by atoms with E-state index in [9.17, 15) is 18.0 Å². The fourth-order valence-corrected chi connectivity index (χ4v) is 2.09. The molecule has 2 heterocycles. The minimum Gasteiger partial charge on any atom is -0.481 e. The summed E-state index contributed by atoms with van der Waals surface area (Å²) in [5.74, 6) is -1.07. The highest BCUT2D eigenvalue weighted by Gasteiger charge is 2.33. The molecule has 2 aromatic heterocycles. The van der Waals surface area contributed by atoms with Gasteiger partial charge in [0.1, 0.15) is 5.69 Å². The van der Waals surface area contributed by atoms with Gasteiger partial charge in [0.05, 0.1) is 10.9 Å². The van der Waals surface area contributed by atoms with E-state index in [0.717, 1.165) is 12.3 Å². The number of nitrogens with zero attached hydrogens (tertiary/aromatic N) is 2. The van der Waals surface area contributed by atoms with Crippen molar-refractivity contribution in [3.63, 3.8) is 0 Å². The van der Waals surface area contributed by atoms with Crippen molar-refractivity contribution in [2.45, 2.75) is 12.6 Å². The van der Waals surface area contributed by atoms with Crippen molar-refractivity contribution in [2.75, 3.05) is 0 Å². The van der Waals surface area contributed by atoms with Crippen LogP contribution in [-0.4, -0.2) is 20.5 Å². The van der Waals surface area contributed by atoms with Crippen molar-refractivity contribution >= 4 is 27.5 Å². The second kappa shape index (κ2) is 4.27. The molecule has 0 aliphatic rings. The van der Waals surface area contributed by atoms with Crippen LogP contribution in [0.25, 0.3) is 5.65 Å². The fraction of sp³-hybridized carbons (Fsp3) is 0.200. The number of rotatable bonds is 2. The Labute approximate surface area is 107 Å². The SMILES string of the molecule is O=C(O)Cc1cc(Br)c2nc(C(F)(F)F)ccn12. The lowest BCUT2D eigenvalue weighted by Gasteiger charge is -2.06. The lowest BCUT2D eigenvalue weighted by molar-refractivity contribution is -0.141. The third-order valence-electron chi connectivity index (χ3n) is 2.28. The van der Waals surface area contributed by atoms with Gasteiger partial charge in [-0.1, -0.05) is 0 Å². The summed E-state index contributed by atoms with van der Waals surface area (Å²) < 4.78 is 39.1. The van der Waals surface area contributed by atoms with Crippen molar-refractivity contribution < 1.29 is 23.1 Å². The highest BCUT2D eigenvalue weighted by molar-refractivity contribution is 9.10. The average molecular weight is 323 g/mol. The fourth-order valence-electron chi connectivity index (χ4n) is 1.55. The van der Waals surface area contributed by atoms with E-state index in [4.69, 9.17) is 5.11 Å². The van der Waals surface area contributed by atoms with E-state index in [2.05, 4.69) is 20.9 Å². The summed E-state index contributed by atoms with van der Waals surface area (Å²) >= 11 is 3.06. The molecule has 0 unspecified atom stereocenters. The van der Waals surface area contributed by atoms with Gasteiger partial charge in [-0.05, 0) is 28.1 Å². The second-order valence-corrected chi connectivity index (χ2v) is 4.41. The molecule has 0 aliphatic heterocycles. The summed E-state index contributed by atoms with van der Waals surface area (Å²) in [4.78, 5) is 14.1. The molecule has 1 N–H and O–H groups in total. The van der Waals surface area contributed by atoms with Gasteiger partial charge in [-0.2, -0.15) is 13.2 Å². The van der Waals surface area contributed by atoms with Crippen LogP contribution in [0.2, 0.25) is 0 Å². The van der Waals surface area contributed by atoms with Crippen molar-refractivity contribution in [3.05, 3.63) is 34.2 Å². The van der Waals surface area contributed by atoms with Gasteiger partial charge in [-0.15, -0.1) is 0 Å². The molecule has 0 aromatic carbocycles. The van der Waals surface area contributed by atoms with Gasteiger partial charge in [-0.3, -0.25) is 4.79 Å². The molecule has 0 saturated heterocycles. The van der Waals surface area contributed by atoms with E-state index >= 15 is 0 Å². The van der Waals surface area contributed by atoms with Crippen LogP contribution < -0.4 is 0 Å². The summed E-state index contributed by atoms with van der Waals surface area (Å²) in [5.41, 5.74) is -0.623. The smallest absolute Gasteiger partial charge is 0.433 e. The average Bonchev–Trinajstić information content (AvgIpc) is 2.53. The summed E-state index contributed by atoms with van der Waals surface area (Å²) in [6, 6.07) is 2.25. The molecule has 4 nitrogen and oxygen atoms in total. The molecule has 0 spiro atoms. The Kier molecular flexibility index (Phi) is 3.05. The predicted octanol–water partition coefficient (Wildman–Crippen LogP) is 2.74.